The summed E-state index contributed by atoms with van der Waals surface area (Å²) in [5.74, 6) is 0.238. The fourth-order valence-electron chi connectivity index (χ4n) is 3.79. The van der Waals surface area contributed by atoms with Crippen LogP contribution in [0, 0.1) is 5.82 Å². The molecule has 1 fully saturated rings. The molecular weight excluding hydrogens is 434 g/mol. The van der Waals surface area contributed by atoms with Crippen LogP contribution in [0.25, 0.3) is 0 Å². The summed E-state index contributed by atoms with van der Waals surface area (Å²) in [4.78, 5) is 17.7. The lowest BCUT2D eigenvalue weighted by molar-refractivity contribution is -0.116. The molecule has 2 atom stereocenters. The number of fused-ring (bicyclic) bond motifs is 1. The molecule has 3 heterocycles. The van der Waals surface area contributed by atoms with Crippen molar-refractivity contribution in [3.8, 4) is 5.75 Å². The van der Waals surface area contributed by atoms with Gasteiger partial charge in [-0.3, -0.25) is 4.79 Å². The van der Waals surface area contributed by atoms with E-state index in [-0.39, 0.29) is 24.6 Å². The van der Waals surface area contributed by atoms with E-state index in [0.29, 0.717) is 53.1 Å². The van der Waals surface area contributed by atoms with E-state index in [1.165, 1.54) is 18.3 Å². The number of nitrogens with two attached hydrogens (primary N) is 1. The van der Waals surface area contributed by atoms with Crippen molar-refractivity contribution in [2.24, 2.45) is 5.73 Å². The first-order valence-electron chi connectivity index (χ1n) is 9.55. The zero-order valence-corrected chi connectivity index (χ0v) is 17.5. The number of nitrogens with one attached hydrogen (secondary N) is 1. The van der Waals surface area contributed by atoms with Crippen LogP contribution >= 0.6 is 23.2 Å². The third-order valence-electron chi connectivity index (χ3n) is 5.57. The lowest BCUT2D eigenvalue weighted by Gasteiger charge is -2.43. The molecular formula is C20H21Cl2FN4O3. The van der Waals surface area contributed by atoms with Crippen LogP contribution in [0.3, 0.4) is 0 Å². The first kappa shape index (κ1) is 21.1. The van der Waals surface area contributed by atoms with Crippen LogP contribution in [0.5, 0.6) is 5.75 Å². The van der Waals surface area contributed by atoms with Crippen molar-refractivity contribution in [3.05, 3.63) is 45.8 Å². The van der Waals surface area contributed by atoms with E-state index in [9.17, 15) is 14.3 Å². The normalized spacial score (nSPS) is 23.7. The van der Waals surface area contributed by atoms with Crippen LogP contribution in [-0.4, -0.2) is 47.3 Å². The predicted molar refractivity (Wildman–Crippen MR) is 113 cm³/mol. The Morgan fingerprint density at radius 3 is 2.93 bits per heavy atom. The molecule has 1 aromatic carbocycles. The van der Waals surface area contributed by atoms with Crippen LogP contribution in [0.4, 0.5) is 15.9 Å². The fraction of sp³-hybridized carbons (Fsp3) is 0.400. The fourth-order valence-corrected chi connectivity index (χ4v) is 4.29. The monoisotopic (exact) mass is 454 g/mol. The average molecular weight is 455 g/mol. The van der Waals surface area contributed by atoms with Crippen LogP contribution in [0.2, 0.25) is 10.0 Å². The summed E-state index contributed by atoms with van der Waals surface area (Å²) in [6, 6.07) is 3.72. The number of rotatable bonds is 4. The number of hydrogen-bond acceptors (Lipinski definition) is 6. The van der Waals surface area contributed by atoms with Gasteiger partial charge in [0.1, 0.15) is 29.6 Å². The number of pyridine rings is 1. The lowest BCUT2D eigenvalue weighted by atomic mass is 9.87. The topological polar surface area (TPSA) is 101 Å². The molecule has 4 rings (SSSR count). The smallest absolute Gasteiger partial charge is 0.224 e. The first-order valence-corrected chi connectivity index (χ1v) is 10.3. The van der Waals surface area contributed by atoms with Crippen LogP contribution in [-0.2, 0) is 11.2 Å². The van der Waals surface area contributed by atoms with Crippen LogP contribution < -0.4 is 20.7 Å². The van der Waals surface area contributed by atoms with Gasteiger partial charge in [0.2, 0.25) is 5.91 Å². The summed E-state index contributed by atoms with van der Waals surface area (Å²) >= 11 is 12.1. The quantitative estimate of drug-likeness (QED) is 0.656. The summed E-state index contributed by atoms with van der Waals surface area (Å²) in [6.07, 6.45) is 2.46. The van der Waals surface area contributed by atoms with E-state index in [1.807, 2.05) is 4.90 Å². The molecule has 2 aromatic rings. The standard InChI is InChI=1S/C20H21Cl2FN4O3/c21-11-7-13(22)19(25-8-11)27-6-5-20(29,16(24)9-27)10-30-15-3-2-14(23)18-12(15)1-4-17(28)26-18/h2-3,7-8,16,29H,1,4-6,9-10,24H2,(H,26,28). The molecule has 2 unspecified atom stereocenters. The molecule has 0 aliphatic carbocycles. The third-order valence-corrected chi connectivity index (χ3v) is 6.06. The highest BCUT2D eigenvalue weighted by Gasteiger charge is 2.41. The minimum Gasteiger partial charge on any atom is -0.490 e. The summed E-state index contributed by atoms with van der Waals surface area (Å²) in [6.45, 7) is 0.737. The van der Waals surface area contributed by atoms with E-state index >= 15 is 0 Å². The second kappa shape index (κ2) is 8.19. The molecule has 10 heteroatoms. The van der Waals surface area contributed by atoms with Crippen molar-refractivity contribution >= 4 is 40.6 Å². The van der Waals surface area contributed by atoms with Gasteiger partial charge in [0.25, 0.3) is 0 Å². The van der Waals surface area contributed by atoms with Gasteiger partial charge in [0.15, 0.2) is 0 Å². The second-order valence-corrected chi connectivity index (χ2v) is 8.44. The van der Waals surface area contributed by atoms with Gasteiger partial charge < -0.3 is 25.8 Å². The number of ether oxygens (including phenoxy) is 1. The Bertz CT molecular complexity index is 993. The molecule has 2 aliphatic rings. The zero-order chi connectivity index (χ0) is 21.5. The van der Waals surface area contributed by atoms with Gasteiger partial charge >= 0.3 is 0 Å². The highest BCUT2D eigenvalue weighted by Crippen LogP contribution is 2.35. The predicted octanol–water partition coefficient (Wildman–Crippen LogP) is 2.76. The number of hydrogen-bond donors (Lipinski definition) is 3. The van der Waals surface area contributed by atoms with Gasteiger partial charge in [-0.1, -0.05) is 23.2 Å². The summed E-state index contributed by atoms with van der Waals surface area (Å²) in [5.41, 5.74) is 5.72. The SMILES string of the molecule is NC1CN(c2ncc(Cl)cc2Cl)CCC1(O)COc1ccc(F)c2c1CCC(=O)N2. The summed E-state index contributed by atoms with van der Waals surface area (Å²) < 4.78 is 19.9. The second-order valence-electron chi connectivity index (χ2n) is 7.60. The summed E-state index contributed by atoms with van der Waals surface area (Å²) in [5, 5.41) is 14.5. The third kappa shape index (κ3) is 4.05. The number of nitrogens with zero attached hydrogens (tertiary/aromatic N) is 2. The first-order chi connectivity index (χ1) is 14.3. The molecule has 0 saturated carbocycles. The van der Waals surface area contributed by atoms with Gasteiger partial charge in [0, 0.05) is 31.3 Å². The molecule has 0 spiro atoms. The van der Waals surface area contributed by atoms with Crippen LogP contribution in [0.1, 0.15) is 18.4 Å². The molecule has 1 aromatic heterocycles. The Morgan fingerprint density at radius 1 is 1.40 bits per heavy atom. The average Bonchev–Trinajstić information content (AvgIpc) is 2.70. The maximum atomic E-state index is 14.0. The van der Waals surface area contributed by atoms with Gasteiger partial charge in [-0.05, 0) is 31.0 Å². The number of anilines is 2. The van der Waals surface area contributed by atoms with Crippen molar-refractivity contribution < 1.29 is 19.0 Å². The van der Waals surface area contributed by atoms with Crippen molar-refractivity contribution in [1.82, 2.24) is 4.98 Å². The lowest BCUT2D eigenvalue weighted by Crippen LogP contribution is -2.62. The largest absolute Gasteiger partial charge is 0.490 e. The van der Waals surface area contributed by atoms with Gasteiger partial charge in [-0.2, -0.15) is 0 Å². The summed E-state index contributed by atoms with van der Waals surface area (Å²) in [7, 11) is 0. The molecule has 0 radical (unpaired) electrons. The number of halogens is 3. The maximum absolute atomic E-state index is 14.0. The molecule has 7 nitrogen and oxygen atoms in total. The number of carbonyl (C=O) groups is 1. The van der Waals surface area contributed by atoms with Crippen LogP contribution in [0.15, 0.2) is 24.4 Å². The highest BCUT2D eigenvalue weighted by atomic mass is 35.5. The molecule has 160 valence electrons. The Balaban J connectivity index is 1.46. The number of amides is 1. The number of carbonyl (C=O) groups excluding carboxylic acids is 1. The maximum Gasteiger partial charge on any atom is 0.224 e. The Morgan fingerprint density at radius 2 is 2.20 bits per heavy atom. The molecule has 1 amide bonds. The number of aliphatic hydroxyl groups is 1. The Kier molecular flexibility index (Phi) is 5.76. The van der Waals surface area contributed by atoms with E-state index in [0.717, 1.165) is 0 Å². The Labute approximate surface area is 182 Å². The zero-order valence-electron chi connectivity index (χ0n) is 16.0. The van der Waals surface area contributed by atoms with Gasteiger partial charge in [-0.25, -0.2) is 9.37 Å². The van der Waals surface area contributed by atoms with Crippen molar-refractivity contribution in [1.29, 1.82) is 0 Å². The van der Waals surface area contributed by atoms with E-state index in [4.69, 9.17) is 33.7 Å². The van der Waals surface area contributed by atoms with E-state index < -0.39 is 17.5 Å². The highest BCUT2D eigenvalue weighted by molar-refractivity contribution is 6.36. The van der Waals surface area contributed by atoms with Crippen molar-refractivity contribution in [3.63, 3.8) is 0 Å². The number of benzene rings is 1. The van der Waals surface area contributed by atoms with Crippen molar-refractivity contribution in [2.45, 2.75) is 30.9 Å². The molecule has 1 saturated heterocycles. The molecule has 2 aliphatic heterocycles. The number of aromatic nitrogens is 1. The minimum absolute atomic E-state index is 0.0597. The Hall–Kier alpha value is -2.13. The number of piperidine rings is 1. The minimum atomic E-state index is -1.28. The van der Waals surface area contributed by atoms with Crippen molar-refractivity contribution in [2.75, 3.05) is 29.9 Å². The van der Waals surface area contributed by atoms with E-state index in [1.54, 1.807) is 6.07 Å². The van der Waals surface area contributed by atoms with Gasteiger partial charge in [0.05, 0.1) is 21.8 Å². The molecule has 30 heavy (non-hydrogen) atoms. The molecule has 0 bridgehead atoms. The molecule has 4 N–H and O–H groups in total. The van der Waals surface area contributed by atoms with E-state index in [2.05, 4.69) is 10.3 Å². The van der Waals surface area contributed by atoms with Gasteiger partial charge in [-0.15, -0.1) is 0 Å².